The van der Waals surface area contributed by atoms with E-state index in [-0.39, 0.29) is 0 Å². The average Bonchev–Trinajstić information content (AvgIpc) is 2.53. The van der Waals surface area contributed by atoms with Gasteiger partial charge in [-0.15, -0.1) is 0 Å². The fraction of sp³-hybridized carbons (Fsp3) is 0.294. The lowest BCUT2D eigenvalue weighted by molar-refractivity contribution is 0.306. The van der Waals surface area contributed by atoms with Crippen molar-refractivity contribution in [2.24, 2.45) is 0 Å². The molecule has 2 aromatic rings. The number of hydrogen-bond acceptors (Lipinski definition) is 3. The molecule has 0 bridgehead atoms. The Labute approximate surface area is 120 Å². The topological polar surface area (TPSA) is 30.5 Å². The highest BCUT2D eigenvalue weighted by molar-refractivity contribution is 5.30. The highest BCUT2D eigenvalue weighted by Gasteiger charge is 2.02. The molecule has 0 aromatic heterocycles. The number of methoxy groups -OCH3 is 1. The Morgan fingerprint density at radius 2 is 1.55 bits per heavy atom. The van der Waals surface area contributed by atoms with Crippen molar-refractivity contribution in [2.75, 3.05) is 14.2 Å². The zero-order valence-corrected chi connectivity index (χ0v) is 12.2. The van der Waals surface area contributed by atoms with Gasteiger partial charge in [0.2, 0.25) is 0 Å². The van der Waals surface area contributed by atoms with Gasteiger partial charge in [0, 0.05) is 6.04 Å². The van der Waals surface area contributed by atoms with Crippen molar-refractivity contribution in [3.05, 3.63) is 59.7 Å². The summed E-state index contributed by atoms with van der Waals surface area (Å²) in [6, 6.07) is 16.4. The molecule has 0 spiro atoms. The number of hydrogen-bond donors (Lipinski definition) is 1. The molecule has 1 unspecified atom stereocenters. The summed E-state index contributed by atoms with van der Waals surface area (Å²) in [5.74, 6) is 1.74. The van der Waals surface area contributed by atoms with E-state index in [2.05, 4.69) is 24.4 Å². The largest absolute Gasteiger partial charge is 0.497 e. The van der Waals surface area contributed by atoms with Crippen LogP contribution >= 0.6 is 0 Å². The van der Waals surface area contributed by atoms with E-state index in [1.165, 1.54) is 5.56 Å². The van der Waals surface area contributed by atoms with E-state index in [1.54, 1.807) is 7.11 Å². The molecular formula is C17H21NO2. The van der Waals surface area contributed by atoms with Gasteiger partial charge >= 0.3 is 0 Å². The summed E-state index contributed by atoms with van der Waals surface area (Å²) in [7, 11) is 3.62. The summed E-state index contributed by atoms with van der Waals surface area (Å²) in [6.07, 6.45) is 0. The molecule has 3 nitrogen and oxygen atoms in total. The third kappa shape index (κ3) is 3.75. The predicted molar refractivity (Wildman–Crippen MR) is 81.2 cm³/mol. The lowest BCUT2D eigenvalue weighted by Crippen LogP contribution is -2.11. The van der Waals surface area contributed by atoms with Crippen LogP contribution in [-0.2, 0) is 6.61 Å². The van der Waals surface area contributed by atoms with Crippen molar-refractivity contribution in [1.82, 2.24) is 5.32 Å². The van der Waals surface area contributed by atoms with Crippen LogP contribution in [0, 0.1) is 0 Å². The Bertz CT molecular complexity index is 520. The SMILES string of the molecule is CNC(C)c1ccc(OCc2ccc(OC)cc2)cc1. The summed E-state index contributed by atoms with van der Waals surface area (Å²) in [4.78, 5) is 0. The molecule has 0 aliphatic rings. The number of ether oxygens (including phenoxy) is 2. The summed E-state index contributed by atoms with van der Waals surface area (Å²) < 4.78 is 10.9. The van der Waals surface area contributed by atoms with Crippen molar-refractivity contribution in [3.8, 4) is 11.5 Å². The van der Waals surface area contributed by atoms with Gasteiger partial charge in [-0.25, -0.2) is 0 Å². The first-order chi connectivity index (χ1) is 9.72. The number of nitrogens with one attached hydrogen (secondary N) is 1. The summed E-state index contributed by atoms with van der Waals surface area (Å²) in [6.45, 7) is 2.69. The summed E-state index contributed by atoms with van der Waals surface area (Å²) >= 11 is 0. The van der Waals surface area contributed by atoms with Gasteiger partial charge in [0.25, 0.3) is 0 Å². The Hall–Kier alpha value is -2.00. The van der Waals surface area contributed by atoms with E-state index in [0.29, 0.717) is 12.6 Å². The molecule has 0 aliphatic heterocycles. The van der Waals surface area contributed by atoms with E-state index in [1.807, 2.05) is 43.4 Å². The summed E-state index contributed by atoms with van der Waals surface area (Å²) in [5.41, 5.74) is 2.38. The highest BCUT2D eigenvalue weighted by Crippen LogP contribution is 2.19. The molecule has 0 heterocycles. The van der Waals surface area contributed by atoms with Gasteiger partial charge < -0.3 is 14.8 Å². The molecular weight excluding hydrogens is 250 g/mol. The van der Waals surface area contributed by atoms with Gasteiger partial charge in [-0.3, -0.25) is 0 Å². The second-order valence-corrected chi connectivity index (χ2v) is 4.72. The normalized spacial score (nSPS) is 11.9. The lowest BCUT2D eigenvalue weighted by Gasteiger charge is -2.12. The van der Waals surface area contributed by atoms with Crippen LogP contribution in [-0.4, -0.2) is 14.2 Å². The maximum absolute atomic E-state index is 5.77. The van der Waals surface area contributed by atoms with Crippen LogP contribution in [0.25, 0.3) is 0 Å². The van der Waals surface area contributed by atoms with Crippen LogP contribution in [0.3, 0.4) is 0 Å². The van der Waals surface area contributed by atoms with Gasteiger partial charge in [0.1, 0.15) is 18.1 Å². The van der Waals surface area contributed by atoms with Crippen molar-refractivity contribution >= 4 is 0 Å². The van der Waals surface area contributed by atoms with Gasteiger partial charge in [-0.2, -0.15) is 0 Å². The molecule has 0 radical (unpaired) electrons. The zero-order valence-electron chi connectivity index (χ0n) is 12.2. The molecule has 2 aromatic carbocycles. The molecule has 0 saturated heterocycles. The predicted octanol–water partition coefficient (Wildman–Crippen LogP) is 3.55. The maximum atomic E-state index is 5.77. The minimum Gasteiger partial charge on any atom is -0.497 e. The standard InChI is InChI=1S/C17H21NO2/c1-13(18-2)15-6-10-17(11-7-15)20-12-14-4-8-16(19-3)9-5-14/h4-11,13,18H,12H2,1-3H3. The van der Waals surface area contributed by atoms with Gasteiger partial charge in [0.15, 0.2) is 0 Å². The fourth-order valence-corrected chi connectivity index (χ4v) is 1.91. The molecule has 1 N–H and O–H groups in total. The molecule has 1 atom stereocenters. The highest BCUT2D eigenvalue weighted by atomic mass is 16.5. The Kier molecular flexibility index (Phi) is 5.02. The quantitative estimate of drug-likeness (QED) is 0.871. The average molecular weight is 271 g/mol. The van der Waals surface area contributed by atoms with Crippen molar-refractivity contribution < 1.29 is 9.47 Å². The number of rotatable bonds is 6. The van der Waals surface area contributed by atoms with Crippen LogP contribution < -0.4 is 14.8 Å². The fourth-order valence-electron chi connectivity index (χ4n) is 1.91. The van der Waals surface area contributed by atoms with Crippen LogP contribution in [0.2, 0.25) is 0 Å². The molecule has 0 saturated carbocycles. The van der Waals surface area contributed by atoms with Crippen LogP contribution in [0.5, 0.6) is 11.5 Å². The monoisotopic (exact) mass is 271 g/mol. The van der Waals surface area contributed by atoms with E-state index >= 15 is 0 Å². The molecule has 20 heavy (non-hydrogen) atoms. The van der Waals surface area contributed by atoms with E-state index < -0.39 is 0 Å². The minimum atomic E-state index is 0.352. The van der Waals surface area contributed by atoms with E-state index in [4.69, 9.17) is 9.47 Å². The van der Waals surface area contributed by atoms with Gasteiger partial charge in [0.05, 0.1) is 7.11 Å². The Balaban J connectivity index is 1.93. The molecule has 0 amide bonds. The summed E-state index contributed by atoms with van der Waals surface area (Å²) in [5, 5.41) is 3.22. The molecule has 3 heteroatoms. The van der Waals surface area contributed by atoms with Crippen LogP contribution in [0.1, 0.15) is 24.1 Å². The Morgan fingerprint density at radius 3 is 2.10 bits per heavy atom. The van der Waals surface area contributed by atoms with Crippen molar-refractivity contribution in [1.29, 1.82) is 0 Å². The molecule has 2 rings (SSSR count). The number of benzene rings is 2. The minimum absolute atomic E-state index is 0.352. The molecule has 106 valence electrons. The third-order valence-electron chi connectivity index (χ3n) is 3.38. The molecule has 0 aliphatic carbocycles. The smallest absolute Gasteiger partial charge is 0.119 e. The van der Waals surface area contributed by atoms with E-state index in [0.717, 1.165) is 17.1 Å². The van der Waals surface area contributed by atoms with Gasteiger partial charge in [-0.05, 0) is 49.4 Å². The first-order valence-electron chi connectivity index (χ1n) is 6.76. The first kappa shape index (κ1) is 14.4. The second kappa shape index (κ2) is 6.96. The molecule has 0 fully saturated rings. The zero-order chi connectivity index (χ0) is 14.4. The maximum Gasteiger partial charge on any atom is 0.119 e. The third-order valence-corrected chi connectivity index (χ3v) is 3.38. The van der Waals surface area contributed by atoms with Crippen LogP contribution in [0.15, 0.2) is 48.5 Å². The lowest BCUT2D eigenvalue weighted by atomic mass is 10.1. The van der Waals surface area contributed by atoms with Gasteiger partial charge in [-0.1, -0.05) is 24.3 Å². The van der Waals surface area contributed by atoms with Crippen LogP contribution in [0.4, 0.5) is 0 Å². The first-order valence-corrected chi connectivity index (χ1v) is 6.76. The van der Waals surface area contributed by atoms with Crippen molar-refractivity contribution in [3.63, 3.8) is 0 Å². The Morgan fingerprint density at radius 1 is 0.950 bits per heavy atom. The second-order valence-electron chi connectivity index (χ2n) is 4.72. The van der Waals surface area contributed by atoms with Crippen molar-refractivity contribution in [2.45, 2.75) is 19.6 Å². The van der Waals surface area contributed by atoms with E-state index in [9.17, 15) is 0 Å².